The molecular weight excluding hydrogens is 380 g/mol. The fourth-order valence-electron chi connectivity index (χ4n) is 7.06. The number of fused-ring (bicyclic) bond motifs is 3. The first-order valence-corrected chi connectivity index (χ1v) is 10.7. The fraction of sp³-hybridized carbons (Fsp3) is 0.520. The van der Waals surface area contributed by atoms with Gasteiger partial charge in [0, 0.05) is 17.8 Å². The Morgan fingerprint density at radius 3 is 2.63 bits per heavy atom. The topological polar surface area (TPSA) is 61.8 Å². The number of ether oxygens (including phenoxy) is 3. The fourth-order valence-corrected chi connectivity index (χ4v) is 7.06. The quantitative estimate of drug-likeness (QED) is 0.556. The first-order chi connectivity index (χ1) is 14.3. The lowest BCUT2D eigenvalue weighted by Crippen LogP contribution is -2.55. The third kappa shape index (κ3) is 2.13. The molecule has 0 saturated heterocycles. The van der Waals surface area contributed by atoms with Crippen LogP contribution in [0.1, 0.15) is 50.2 Å². The number of methoxy groups -OCH3 is 2. The lowest BCUT2D eigenvalue weighted by atomic mass is 9.47. The molecular formula is C25H28O5. The van der Waals surface area contributed by atoms with Gasteiger partial charge in [0.05, 0.1) is 19.8 Å². The summed E-state index contributed by atoms with van der Waals surface area (Å²) >= 11 is 0. The lowest BCUT2D eigenvalue weighted by molar-refractivity contribution is -0.167. The van der Waals surface area contributed by atoms with Crippen molar-refractivity contribution in [1.82, 2.24) is 0 Å². The number of allylic oxidation sites excluding steroid dienone is 2. The molecule has 2 bridgehead atoms. The van der Waals surface area contributed by atoms with E-state index in [0.29, 0.717) is 17.4 Å². The summed E-state index contributed by atoms with van der Waals surface area (Å²) in [7, 11) is 3.09. The van der Waals surface area contributed by atoms with Crippen LogP contribution in [0.25, 0.3) is 0 Å². The molecule has 0 amide bonds. The van der Waals surface area contributed by atoms with Gasteiger partial charge in [0.15, 0.2) is 5.60 Å². The second kappa shape index (κ2) is 6.22. The number of benzene rings is 1. The minimum atomic E-state index is -1.04. The molecule has 1 saturated carbocycles. The summed E-state index contributed by atoms with van der Waals surface area (Å²) in [6.45, 7) is 3.59. The van der Waals surface area contributed by atoms with Crippen molar-refractivity contribution in [3.8, 4) is 5.75 Å². The normalized spacial score (nSPS) is 37.5. The Bertz CT molecular complexity index is 1010. The minimum Gasteiger partial charge on any atom is -0.497 e. The van der Waals surface area contributed by atoms with Crippen LogP contribution in [-0.4, -0.2) is 31.8 Å². The van der Waals surface area contributed by atoms with Crippen molar-refractivity contribution in [3.63, 3.8) is 0 Å². The van der Waals surface area contributed by atoms with Crippen molar-refractivity contribution >= 4 is 11.9 Å². The summed E-state index contributed by atoms with van der Waals surface area (Å²) in [4.78, 5) is 24.9. The van der Waals surface area contributed by atoms with E-state index < -0.39 is 11.6 Å². The highest BCUT2D eigenvalue weighted by molar-refractivity contribution is 5.95. The number of rotatable bonds is 3. The van der Waals surface area contributed by atoms with Crippen LogP contribution in [0, 0.1) is 16.7 Å². The van der Waals surface area contributed by atoms with Gasteiger partial charge < -0.3 is 14.2 Å². The number of carbonyl (C=O) groups excluding carboxylic acids is 2. The molecule has 5 heteroatoms. The Balaban J connectivity index is 1.64. The van der Waals surface area contributed by atoms with Gasteiger partial charge in [-0.05, 0) is 66.9 Å². The van der Waals surface area contributed by atoms with Gasteiger partial charge in [-0.3, -0.25) is 4.79 Å². The smallest absolute Gasteiger partial charge is 0.337 e. The average molecular weight is 408 g/mol. The van der Waals surface area contributed by atoms with E-state index in [1.54, 1.807) is 7.11 Å². The minimum absolute atomic E-state index is 0.327. The van der Waals surface area contributed by atoms with E-state index in [1.165, 1.54) is 25.2 Å². The van der Waals surface area contributed by atoms with E-state index >= 15 is 0 Å². The molecule has 1 aromatic carbocycles. The Labute approximate surface area is 177 Å². The van der Waals surface area contributed by atoms with E-state index in [1.807, 2.05) is 12.1 Å². The first-order valence-electron chi connectivity index (χ1n) is 10.7. The second-order valence-electron chi connectivity index (χ2n) is 9.33. The van der Waals surface area contributed by atoms with E-state index in [4.69, 9.17) is 14.2 Å². The molecule has 0 aromatic heterocycles. The van der Waals surface area contributed by atoms with Crippen molar-refractivity contribution in [2.45, 2.75) is 51.0 Å². The van der Waals surface area contributed by atoms with Crippen LogP contribution in [0.2, 0.25) is 0 Å². The molecule has 0 heterocycles. The van der Waals surface area contributed by atoms with Gasteiger partial charge in [-0.1, -0.05) is 25.1 Å². The SMILES string of the molecule is COC(=O)C1=C[C@]23C=C[C@]1(OC(C)=O)[C@@]2(C)CC[C@@H]1c2ccc(OC)cc2CC[C@H]13. The van der Waals surface area contributed by atoms with E-state index in [-0.39, 0.29) is 16.8 Å². The summed E-state index contributed by atoms with van der Waals surface area (Å²) in [5.74, 6) is 0.853. The monoisotopic (exact) mass is 408 g/mol. The maximum absolute atomic E-state index is 12.8. The van der Waals surface area contributed by atoms with Gasteiger partial charge in [0.1, 0.15) is 5.75 Å². The first kappa shape index (κ1) is 19.4. The van der Waals surface area contributed by atoms with E-state index in [2.05, 4.69) is 31.2 Å². The summed E-state index contributed by atoms with van der Waals surface area (Å²) < 4.78 is 16.5. The zero-order chi connectivity index (χ0) is 21.3. The van der Waals surface area contributed by atoms with Crippen LogP contribution < -0.4 is 4.74 Å². The summed E-state index contributed by atoms with van der Waals surface area (Å²) in [6, 6.07) is 6.42. The molecule has 0 radical (unpaired) electrons. The Hall–Kier alpha value is -2.56. The van der Waals surface area contributed by atoms with Crippen molar-refractivity contribution in [1.29, 1.82) is 0 Å². The molecule has 158 valence electrons. The number of carbonyl (C=O) groups is 2. The van der Waals surface area contributed by atoms with Gasteiger partial charge >= 0.3 is 11.9 Å². The van der Waals surface area contributed by atoms with Crippen LogP contribution in [0.5, 0.6) is 5.75 Å². The number of hydrogen-bond acceptors (Lipinski definition) is 5. The summed E-state index contributed by atoms with van der Waals surface area (Å²) in [6.07, 6.45) is 10.1. The third-order valence-electron chi connectivity index (χ3n) is 8.39. The predicted molar refractivity (Wildman–Crippen MR) is 111 cm³/mol. The highest BCUT2D eigenvalue weighted by atomic mass is 16.6. The van der Waals surface area contributed by atoms with Gasteiger partial charge in [-0.2, -0.15) is 0 Å². The second-order valence-corrected chi connectivity index (χ2v) is 9.33. The third-order valence-corrected chi connectivity index (χ3v) is 8.39. The molecule has 4 aliphatic rings. The molecule has 0 N–H and O–H groups in total. The van der Waals surface area contributed by atoms with E-state index in [0.717, 1.165) is 31.4 Å². The van der Waals surface area contributed by atoms with E-state index in [9.17, 15) is 9.59 Å². The lowest BCUT2D eigenvalue weighted by Gasteiger charge is -2.56. The molecule has 5 atom stereocenters. The maximum atomic E-state index is 12.8. The number of hydrogen-bond donors (Lipinski definition) is 0. The van der Waals surface area contributed by atoms with Gasteiger partial charge in [0.2, 0.25) is 0 Å². The van der Waals surface area contributed by atoms with Gasteiger partial charge in [-0.25, -0.2) is 4.79 Å². The van der Waals surface area contributed by atoms with Gasteiger partial charge in [0.25, 0.3) is 0 Å². The standard InChI is InChI=1S/C25H28O5/c1-15(26)30-25-12-11-24(14-21(25)22(27)29-4)20-8-5-16-13-17(28-3)6-7-18(16)19(20)9-10-23(24,25)2/h6-7,11-14,19-20H,5,8-10H2,1-4H3/t19-,20-,23+,24+,25-/m1/s1. The Morgan fingerprint density at radius 1 is 1.13 bits per heavy atom. The summed E-state index contributed by atoms with van der Waals surface area (Å²) in [5.41, 5.74) is 1.47. The average Bonchev–Trinajstić information content (AvgIpc) is 3.12. The molecule has 1 fully saturated rings. The zero-order valence-corrected chi connectivity index (χ0v) is 18.0. The van der Waals surface area contributed by atoms with Crippen molar-refractivity contribution in [2.24, 2.45) is 16.7 Å². The largest absolute Gasteiger partial charge is 0.497 e. The zero-order valence-electron chi connectivity index (χ0n) is 18.0. The van der Waals surface area contributed by atoms with Crippen LogP contribution in [0.4, 0.5) is 0 Å². The Morgan fingerprint density at radius 2 is 1.93 bits per heavy atom. The van der Waals surface area contributed by atoms with Crippen molar-refractivity contribution < 1.29 is 23.8 Å². The summed E-state index contributed by atoms with van der Waals surface area (Å²) in [5, 5.41) is 0. The molecule has 30 heavy (non-hydrogen) atoms. The molecule has 0 aliphatic heterocycles. The van der Waals surface area contributed by atoms with Crippen LogP contribution in [0.15, 0.2) is 42.0 Å². The van der Waals surface area contributed by atoms with Crippen molar-refractivity contribution in [2.75, 3.05) is 14.2 Å². The maximum Gasteiger partial charge on any atom is 0.337 e. The molecule has 4 aliphatic carbocycles. The highest BCUT2D eigenvalue weighted by Crippen LogP contribution is 2.74. The Kier molecular flexibility index (Phi) is 4.03. The highest BCUT2D eigenvalue weighted by Gasteiger charge is 2.74. The molecule has 1 aromatic rings. The van der Waals surface area contributed by atoms with Gasteiger partial charge in [-0.15, -0.1) is 0 Å². The number of esters is 2. The predicted octanol–water partition coefficient (Wildman–Crippen LogP) is 4.11. The van der Waals surface area contributed by atoms with Crippen molar-refractivity contribution in [3.05, 3.63) is 53.1 Å². The van der Waals surface area contributed by atoms with Crippen LogP contribution in [0.3, 0.4) is 0 Å². The van der Waals surface area contributed by atoms with Crippen LogP contribution >= 0.6 is 0 Å². The molecule has 5 rings (SSSR count). The molecule has 0 spiro atoms. The molecule has 5 nitrogen and oxygen atoms in total. The number of aryl methyl sites for hydroxylation is 1. The van der Waals surface area contributed by atoms with Crippen LogP contribution in [-0.2, 0) is 25.5 Å². The molecule has 0 unspecified atom stereocenters.